The maximum absolute atomic E-state index is 12.4. The van der Waals surface area contributed by atoms with Crippen molar-refractivity contribution >= 4 is 17.5 Å². The molecule has 1 aromatic carbocycles. The van der Waals surface area contributed by atoms with Crippen LogP contribution in [0.1, 0.15) is 49.4 Å². The topological polar surface area (TPSA) is 127 Å². The zero-order chi connectivity index (χ0) is 19.1. The predicted molar refractivity (Wildman–Crippen MR) is 97.6 cm³/mol. The lowest BCUT2D eigenvalue weighted by Crippen LogP contribution is -2.52. The quantitative estimate of drug-likeness (QED) is 0.503. The van der Waals surface area contributed by atoms with E-state index in [1.54, 1.807) is 6.92 Å². The Bertz CT molecular complexity index is 658. The number of carbonyl (C=O) groups is 2. The standard InChI is InChI=1S/C18H26N4O4/c1-12(17(23)21-16(11-19)13-6-3-2-4-7-13)20-18(24)14-8-5-9-15(10-14)22(25)26/h5,8-10,12-13,16H,2-4,6-7,11,19H2,1H3,(H,20,24)(H,21,23). The third-order valence-electron chi connectivity index (χ3n) is 4.86. The molecule has 0 bridgehead atoms. The van der Waals surface area contributed by atoms with Crippen molar-refractivity contribution in [3.63, 3.8) is 0 Å². The highest BCUT2D eigenvalue weighted by Crippen LogP contribution is 2.26. The van der Waals surface area contributed by atoms with Crippen molar-refractivity contribution in [2.24, 2.45) is 11.7 Å². The summed E-state index contributed by atoms with van der Waals surface area (Å²) < 4.78 is 0. The van der Waals surface area contributed by atoms with Gasteiger partial charge in [0.2, 0.25) is 5.91 Å². The van der Waals surface area contributed by atoms with Gasteiger partial charge in [-0.05, 0) is 31.7 Å². The van der Waals surface area contributed by atoms with Gasteiger partial charge in [0.05, 0.1) is 4.92 Å². The van der Waals surface area contributed by atoms with E-state index in [1.165, 1.54) is 30.7 Å². The van der Waals surface area contributed by atoms with Crippen molar-refractivity contribution in [1.82, 2.24) is 10.6 Å². The molecule has 1 saturated carbocycles. The van der Waals surface area contributed by atoms with Crippen molar-refractivity contribution < 1.29 is 14.5 Å². The number of nitrogens with one attached hydrogen (secondary N) is 2. The summed E-state index contributed by atoms with van der Waals surface area (Å²) in [4.78, 5) is 34.9. The second-order valence-corrected chi connectivity index (χ2v) is 6.75. The Morgan fingerprint density at radius 3 is 2.58 bits per heavy atom. The van der Waals surface area contributed by atoms with Crippen molar-refractivity contribution in [3.8, 4) is 0 Å². The van der Waals surface area contributed by atoms with E-state index in [0.29, 0.717) is 12.5 Å². The van der Waals surface area contributed by atoms with E-state index in [-0.39, 0.29) is 23.2 Å². The van der Waals surface area contributed by atoms with Crippen LogP contribution < -0.4 is 16.4 Å². The van der Waals surface area contributed by atoms with Crippen LogP contribution in [-0.2, 0) is 4.79 Å². The molecule has 1 aliphatic rings. The Kier molecular flexibility index (Phi) is 7.08. The second-order valence-electron chi connectivity index (χ2n) is 6.75. The molecule has 8 nitrogen and oxygen atoms in total. The van der Waals surface area contributed by atoms with Gasteiger partial charge in [-0.1, -0.05) is 25.3 Å². The minimum atomic E-state index is -0.764. The fourth-order valence-corrected chi connectivity index (χ4v) is 3.32. The number of amides is 2. The molecule has 2 atom stereocenters. The molecule has 4 N–H and O–H groups in total. The van der Waals surface area contributed by atoms with Gasteiger partial charge in [0, 0.05) is 30.3 Å². The van der Waals surface area contributed by atoms with Crippen molar-refractivity contribution in [1.29, 1.82) is 0 Å². The lowest BCUT2D eigenvalue weighted by Gasteiger charge is -2.31. The molecule has 0 saturated heterocycles. The summed E-state index contributed by atoms with van der Waals surface area (Å²) in [6, 6.07) is 4.54. The van der Waals surface area contributed by atoms with Crippen LogP contribution in [0.2, 0.25) is 0 Å². The molecule has 142 valence electrons. The molecule has 0 heterocycles. The number of benzene rings is 1. The summed E-state index contributed by atoms with van der Waals surface area (Å²) in [6.45, 7) is 1.95. The Morgan fingerprint density at radius 2 is 1.96 bits per heavy atom. The lowest BCUT2D eigenvalue weighted by atomic mass is 9.84. The number of nitrogens with zero attached hydrogens (tertiary/aromatic N) is 1. The highest BCUT2D eigenvalue weighted by molar-refractivity contribution is 5.97. The number of rotatable bonds is 7. The van der Waals surface area contributed by atoms with Gasteiger partial charge < -0.3 is 16.4 Å². The molecule has 1 fully saturated rings. The Labute approximate surface area is 152 Å². The number of nitro benzene ring substituents is 1. The van der Waals surface area contributed by atoms with Gasteiger partial charge in [0.1, 0.15) is 6.04 Å². The van der Waals surface area contributed by atoms with Gasteiger partial charge in [0.25, 0.3) is 11.6 Å². The van der Waals surface area contributed by atoms with Gasteiger partial charge in [0.15, 0.2) is 0 Å². The van der Waals surface area contributed by atoms with Crippen molar-refractivity contribution in [2.75, 3.05) is 6.54 Å². The largest absolute Gasteiger partial charge is 0.350 e. The first-order valence-corrected chi connectivity index (χ1v) is 8.98. The van der Waals surface area contributed by atoms with Gasteiger partial charge in [-0.25, -0.2) is 0 Å². The van der Waals surface area contributed by atoms with Crippen molar-refractivity contribution in [3.05, 3.63) is 39.9 Å². The molecule has 26 heavy (non-hydrogen) atoms. The number of nitro groups is 1. The summed E-state index contributed by atoms with van der Waals surface area (Å²) in [6.07, 6.45) is 5.62. The first-order valence-electron chi connectivity index (χ1n) is 8.98. The zero-order valence-electron chi connectivity index (χ0n) is 14.9. The zero-order valence-corrected chi connectivity index (χ0v) is 14.9. The molecule has 1 aliphatic carbocycles. The monoisotopic (exact) mass is 362 g/mol. The van der Waals surface area contributed by atoms with Crippen LogP contribution in [0, 0.1) is 16.0 Å². The highest BCUT2D eigenvalue weighted by Gasteiger charge is 2.26. The molecule has 2 unspecified atom stereocenters. The average Bonchev–Trinajstić information content (AvgIpc) is 2.66. The molecular weight excluding hydrogens is 336 g/mol. The first-order chi connectivity index (χ1) is 12.4. The van der Waals surface area contributed by atoms with Crippen LogP contribution in [0.25, 0.3) is 0 Å². The van der Waals surface area contributed by atoms with E-state index in [9.17, 15) is 19.7 Å². The normalized spacial score (nSPS) is 17.2. The number of hydrogen-bond acceptors (Lipinski definition) is 5. The predicted octanol–water partition coefficient (Wildman–Crippen LogP) is 1.74. The van der Waals surface area contributed by atoms with Gasteiger partial charge >= 0.3 is 0 Å². The lowest BCUT2D eigenvalue weighted by molar-refractivity contribution is -0.384. The van der Waals surface area contributed by atoms with Crippen LogP contribution >= 0.6 is 0 Å². The van der Waals surface area contributed by atoms with Gasteiger partial charge in [-0.2, -0.15) is 0 Å². The SMILES string of the molecule is CC(NC(=O)c1cccc([N+](=O)[O-])c1)C(=O)NC(CN)C1CCCCC1. The fraction of sp³-hybridized carbons (Fsp3) is 0.556. The molecule has 0 radical (unpaired) electrons. The summed E-state index contributed by atoms with van der Waals surface area (Å²) in [7, 11) is 0. The summed E-state index contributed by atoms with van der Waals surface area (Å²) in [5, 5.41) is 16.3. The Morgan fingerprint density at radius 1 is 1.27 bits per heavy atom. The fourth-order valence-electron chi connectivity index (χ4n) is 3.32. The van der Waals surface area contributed by atoms with E-state index < -0.39 is 16.9 Å². The van der Waals surface area contributed by atoms with Crippen LogP contribution in [0.4, 0.5) is 5.69 Å². The molecular formula is C18H26N4O4. The summed E-state index contributed by atoms with van der Waals surface area (Å²) >= 11 is 0. The highest BCUT2D eigenvalue weighted by atomic mass is 16.6. The van der Waals surface area contributed by atoms with Crippen LogP contribution in [-0.4, -0.2) is 35.4 Å². The smallest absolute Gasteiger partial charge is 0.270 e. The maximum atomic E-state index is 12.4. The Balaban J connectivity index is 1.94. The summed E-state index contributed by atoms with van der Waals surface area (Å²) in [5.41, 5.74) is 5.79. The molecule has 2 amide bonds. The third kappa shape index (κ3) is 5.26. The maximum Gasteiger partial charge on any atom is 0.270 e. The first kappa shape index (κ1) is 19.8. The minimum Gasteiger partial charge on any atom is -0.350 e. The number of carbonyl (C=O) groups excluding carboxylic acids is 2. The Hall–Kier alpha value is -2.48. The number of hydrogen-bond donors (Lipinski definition) is 3. The number of non-ortho nitro benzene ring substituents is 1. The number of nitrogens with two attached hydrogens (primary N) is 1. The molecule has 2 rings (SSSR count). The van der Waals surface area contributed by atoms with E-state index in [4.69, 9.17) is 5.73 Å². The minimum absolute atomic E-state index is 0.0973. The van der Waals surface area contributed by atoms with E-state index in [1.807, 2.05) is 0 Å². The van der Waals surface area contributed by atoms with E-state index >= 15 is 0 Å². The molecule has 0 aliphatic heterocycles. The summed E-state index contributed by atoms with van der Waals surface area (Å²) in [5.74, 6) is -0.458. The van der Waals surface area contributed by atoms with E-state index in [2.05, 4.69) is 10.6 Å². The molecule has 0 aromatic heterocycles. The molecule has 8 heteroatoms. The van der Waals surface area contributed by atoms with E-state index in [0.717, 1.165) is 25.7 Å². The average molecular weight is 362 g/mol. The second kappa shape index (κ2) is 9.28. The van der Waals surface area contributed by atoms with Crippen LogP contribution in [0.15, 0.2) is 24.3 Å². The third-order valence-corrected chi connectivity index (χ3v) is 4.86. The van der Waals surface area contributed by atoms with Crippen LogP contribution in [0.5, 0.6) is 0 Å². The van der Waals surface area contributed by atoms with Gasteiger partial charge in [-0.15, -0.1) is 0 Å². The molecule has 1 aromatic rings. The van der Waals surface area contributed by atoms with Gasteiger partial charge in [-0.3, -0.25) is 19.7 Å². The van der Waals surface area contributed by atoms with Crippen LogP contribution in [0.3, 0.4) is 0 Å². The van der Waals surface area contributed by atoms with Crippen molar-refractivity contribution in [2.45, 2.75) is 51.1 Å². The molecule has 0 spiro atoms.